The van der Waals surface area contributed by atoms with Crippen molar-refractivity contribution in [3.8, 4) is 0 Å². The summed E-state index contributed by atoms with van der Waals surface area (Å²) >= 11 is 6.32. The van der Waals surface area contributed by atoms with E-state index < -0.39 is 0 Å². The van der Waals surface area contributed by atoms with Crippen LogP contribution in [0.25, 0.3) is 0 Å². The molecule has 0 aromatic carbocycles. The van der Waals surface area contributed by atoms with Gasteiger partial charge in [-0.1, -0.05) is 11.6 Å². The maximum Gasteiger partial charge on any atom is 0.137 e. The lowest BCUT2D eigenvalue weighted by Gasteiger charge is -2.43. The van der Waals surface area contributed by atoms with Crippen molar-refractivity contribution in [2.45, 2.75) is 52.0 Å². The minimum atomic E-state index is 0.240. The number of hydrogen-bond donors (Lipinski definition) is 0. The van der Waals surface area contributed by atoms with Crippen molar-refractivity contribution in [1.82, 2.24) is 14.9 Å². The van der Waals surface area contributed by atoms with Crippen LogP contribution in [0.5, 0.6) is 0 Å². The molecule has 0 amide bonds. The smallest absolute Gasteiger partial charge is 0.137 e. The molecule has 0 spiro atoms. The molecule has 4 nitrogen and oxygen atoms in total. The predicted octanol–water partition coefficient (Wildman–Crippen LogP) is 3.24. The van der Waals surface area contributed by atoms with E-state index in [2.05, 4.69) is 35.6 Å². The van der Waals surface area contributed by atoms with Gasteiger partial charge in [-0.15, -0.1) is 0 Å². The minimum absolute atomic E-state index is 0.240. The number of aromatic nitrogens is 2. The van der Waals surface area contributed by atoms with E-state index in [0.717, 1.165) is 43.4 Å². The fourth-order valence-electron chi connectivity index (χ4n) is 2.92. The first-order chi connectivity index (χ1) is 9.86. The largest absolute Gasteiger partial charge is 0.354 e. The highest BCUT2D eigenvalue weighted by Gasteiger charge is 2.31. The lowest BCUT2D eigenvalue weighted by atomic mass is 10.0. The second-order valence-corrected chi connectivity index (χ2v) is 7.60. The van der Waals surface area contributed by atoms with E-state index in [-0.39, 0.29) is 5.54 Å². The molecule has 1 aromatic heterocycles. The normalized spacial score (nSPS) is 20.9. The fourth-order valence-corrected chi connectivity index (χ4v) is 3.09. The Bertz CT molecular complexity index is 526. The van der Waals surface area contributed by atoms with Crippen molar-refractivity contribution >= 4 is 17.4 Å². The van der Waals surface area contributed by atoms with Gasteiger partial charge >= 0.3 is 0 Å². The molecule has 1 aliphatic heterocycles. The van der Waals surface area contributed by atoms with E-state index in [4.69, 9.17) is 16.6 Å². The molecule has 1 saturated carbocycles. The van der Waals surface area contributed by atoms with Crippen molar-refractivity contribution in [1.29, 1.82) is 0 Å². The van der Waals surface area contributed by atoms with Crippen LogP contribution in [0.1, 0.15) is 50.9 Å². The number of hydrogen-bond acceptors (Lipinski definition) is 4. The zero-order valence-electron chi connectivity index (χ0n) is 13.5. The molecule has 2 heterocycles. The van der Waals surface area contributed by atoms with Gasteiger partial charge in [-0.05, 0) is 40.5 Å². The average molecular weight is 309 g/mol. The van der Waals surface area contributed by atoms with Crippen molar-refractivity contribution in [3.63, 3.8) is 0 Å². The van der Waals surface area contributed by atoms with Crippen molar-refractivity contribution < 1.29 is 0 Å². The topological polar surface area (TPSA) is 32.3 Å². The van der Waals surface area contributed by atoms with Gasteiger partial charge in [0.1, 0.15) is 16.8 Å². The van der Waals surface area contributed by atoms with Gasteiger partial charge in [0, 0.05) is 43.2 Å². The summed E-state index contributed by atoms with van der Waals surface area (Å²) < 4.78 is 0. The van der Waals surface area contributed by atoms with Gasteiger partial charge < -0.3 is 4.90 Å². The molecule has 2 aliphatic rings. The first-order valence-electron chi connectivity index (χ1n) is 7.90. The second kappa shape index (κ2) is 5.40. The lowest BCUT2D eigenvalue weighted by molar-refractivity contribution is 0.128. The molecule has 0 radical (unpaired) electrons. The van der Waals surface area contributed by atoms with Crippen molar-refractivity contribution in [2.24, 2.45) is 0 Å². The summed E-state index contributed by atoms with van der Waals surface area (Å²) in [5.41, 5.74) is 1.26. The molecular weight excluding hydrogens is 284 g/mol. The number of anilines is 1. The van der Waals surface area contributed by atoms with Gasteiger partial charge in [0.05, 0.1) is 0 Å². The zero-order valence-corrected chi connectivity index (χ0v) is 14.2. The van der Waals surface area contributed by atoms with Crippen LogP contribution in [0.2, 0.25) is 5.15 Å². The van der Waals surface area contributed by atoms with Gasteiger partial charge in [0.25, 0.3) is 0 Å². The van der Waals surface area contributed by atoms with Crippen LogP contribution in [0.3, 0.4) is 0 Å². The van der Waals surface area contributed by atoms with E-state index in [1.807, 2.05) is 6.92 Å². The van der Waals surface area contributed by atoms with Crippen LogP contribution in [0.15, 0.2) is 0 Å². The summed E-state index contributed by atoms with van der Waals surface area (Å²) in [6.07, 6.45) is 2.41. The molecule has 3 rings (SSSR count). The minimum Gasteiger partial charge on any atom is -0.354 e. The van der Waals surface area contributed by atoms with Gasteiger partial charge in [0.2, 0.25) is 0 Å². The summed E-state index contributed by atoms with van der Waals surface area (Å²) in [5.74, 6) is 2.53. The molecule has 0 N–H and O–H groups in total. The molecule has 0 bridgehead atoms. The average Bonchev–Trinajstić information content (AvgIpc) is 3.25. The molecule has 116 valence electrons. The summed E-state index contributed by atoms with van der Waals surface area (Å²) in [7, 11) is 0. The monoisotopic (exact) mass is 308 g/mol. The molecule has 2 fully saturated rings. The number of nitrogens with zero attached hydrogens (tertiary/aromatic N) is 4. The van der Waals surface area contributed by atoms with Gasteiger partial charge in [-0.2, -0.15) is 0 Å². The Morgan fingerprint density at radius 3 is 2.19 bits per heavy atom. The maximum absolute atomic E-state index is 6.32. The highest BCUT2D eigenvalue weighted by Crippen LogP contribution is 2.40. The Hall–Kier alpha value is -0.870. The Morgan fingerprint density at radius 1 is 1.05 bits per heavy atom. The standard InChI is InChI=1S/C16H25ClN4/c1-11-13(17)18-14(12-5-6-12)19-15(11)20-7-9-21(10-8-20)16(2,3)4/h12H,5-10H2,1-4H3. The molecule has 1 saturated heterocycles. The second-order valence-electron chi connectivity index (χ2n) is 7.24. The first-order valence-corrected chi connectivity index (χ1v) is 8.28. The highest BCUT2D eigenvalue weighted by atomic mass is 35.5. The van der Waals surface area contributed by atoms with E-state index >= 15 is 0 Å². The molecule has 0 unspecified atom stereocenters. The molecule has 1 aliphatic carbocycles. The van der Waals surface area contributed by atoms with Gasteiger partial charge in [0.15, 0.2) is 0 Å². The van der Waals surface area contributed by atoms with Crippen LogP contribution in [0.4, 0.5) is 5.82 Å². The summed E-state index contributed by atoms with van der Waals surface area (Å²) in [6, 6.07) is 0. The number of piperazine rings is 1. The Labute approximate surface area is 132 Å². The van der Waals surface area contributed by atoms with Crippen molar-refractivity contribution in [2.75, 3.05) is 31.1 Å². The third-order valence-corrected chi connectivity index (χ3v) is 4.92. The molecule has 21 heavy (non-hydrogen) atoms. The van der Waals surface area contributed by atoms with Gasteiger partial charge in [-0.25, -0.2) is 9.97 Å². The van der Waals surface area contributed by atoms with Crippen LogP contribution in [0, 0.1) is 6.92 Å². The third kappa shape index (κ3) is 3.16. The first kappa shape index (κ1) is 15.0. The Morgan fingerprint density at radius 2 is 1.67 bits per heavy atom. The van der Waals surface area contributed by atoms with Crippen LogP contribution < -0.4 is 4.90 Å². The lowest BCUT2D eigenvalue weighted by Crippen LogP contribution is -2.53. The Balaban J connectivity index is 1.78. The van der Waals surface area contributed by atoms with Crippen LogP contribution in [-0.2, 0) is 0 Å². The molecule has 0 atom stereocenters. The molecule has 1 aromatic rings. The van der Waals surface area contributed by atoms with E-state index in [1.54, 1.807) is 0 Å². The quantitative estimate of drug-likeness (QED) is 0.785. The maximum atomic E-state index is 6.32. The fraction of sp³-hybridized carbons (Fsp3) is 0.750. The zero-order chi connectivity index (χ0) is 15.2. The molecular formula is C16H25ClN4. The summed E-state index contributed by atoms with van der Waals surface area (Å²) in [4.78, 5) is 14.2. The summed E-state index contributed by atoms with van der Waals surface area (Å²) in [5, 5.41) is 0.625. The summed E-state index contributed by atoms with van der Waals surface area (Å²) in [6.45, 7) is 13.0. The van der Waals surface area contributed by atoms with Gasteiger partial charge in [-0.3, -0.25) is 4.90 Å². The van der Waals surface area contributed by atoms with E-state index in [1.165, 1.54) is 12.8 Å². The van der Waals surface area contributed by atoms with E-state index in [9.17, 15) is 0 Å². The highest BCUT2D eigenvalue weighted by molar-refractivity contribution is 6.30. The number of halogens is 1. The predicted molar refractivity (Wildman–Crippen MR) is 87.3 cm³/mol. The van der Waals surface area contributed by atoms with E-state index in [0.29, 0.717) is 11.1 Å². The molecule has 5 heteroatoms. The van der Waals surface area contributed by atoms with Crippen molar-refractivity contribution in [3.05, 3.63) is 16.5 Å². The van der Waals surface area contributed by atoms with Crippen LogP contribution in [-0.4, -0.2) is 46.6 Å². The Kier molecular flexibility index (Phi) is 3.87. The third-order valence-electron chi connectivity index (χ3n) is 4.55. The van der Waals surface area contributed by atoms with Crippen LogP contribution >= 0.6 is 11.6 Å². The SMILES string of the molecule is Cc1c(Cl)nc(C2CC2)nc1N1CCN(C(C)(C)C)CC1. The number of rotatable bonds is 2.